The highest BCUT2D eigenvalue weighted by molar-refractivity contribution is 5.79. The van der Waals surface area contributed by atoms with Crippen molar-refractivity contribution in [2.24, 2.45) is 5.92 Å². The van der Waals surface area contributed by atoms with Crippen molar-refractivity contribution in [3.63, 3.8) is 0 Å². The molecule has 158 valence electrons. The highest BCUT2D eigenvalue weighted by Gasteiger charge is 2.35. The lowest BCUT2D eigenvalue weighted by atomic mass is 9.77. The standard InChI is InChI=1S/C25H25N3O3/c1-15-4-2-6-20(26-15)23-24(17-7-10-21-22(13-17)31-14-30-21)28-11-3-5-16-12-18(29)8-9-19(16)25(28)27-23/h2-7,10,13,16,18-19,29H,8-9,11-12,14H2,1H3/t16-,18+,19?/m0/s1. The maximum absolute atomic E-state index is 10.2. The number of pyridine rings is 1. The van der Waals surface area contributed by atoms with Gasteiger partial charge in [-0.3, -0.25) is 4.98 Å². The van der Waals surface area contributed by atoms with Crippen molar-refractivity contribution in [3.05, 3.63) is 60.1 Å². The zero-order valence-electron chi connectivity index (χ0n) is 17.5. The van der Waals surface area contributed by atoms with Crippen LogP contribution in [-0.4, -0.2) is 32.5 Å². The van der Waals surface area contributed by atoms with Crippen molar-refractivity contribution in [2.45, 2.75) is 44.8 Å². The maximum Gasteiger partial charge on any atom is 0.231 e. The van der Waals surface area contributed by atoms with Crippen LogP contribution in [0.4, 0.5) is 0 Å². The van der Waals surface area contributed by atoms with Crippen LogP contribution in [0.5, 0.6) is 11.5 Å². The van der Waals surface area contributed by atoms with Crippen LogP contribution in [0.1, 0.15) is 36.7 Å². The van der Waals surface area contributed by atoms with Gasteiger partial charge in [-0.1, -0.05) is 18.2 Å². The number of rotatable bonds is 2. The van der Waals surface area contributed by atoms with Gasteiger partial charge in [-0.15, -0.1) is 0 Å². The number of benzene rings is 1. The molecule has 1 saturated carbocycles. The second kappa shape index (κ2) is 7.24. The van der Waals surface area contributed by atoms with Gasteiger partial charge >= 0.3 is 0 Å². The first kappa shape index (κ1) is 18.6. The molecule has 0 saturated heterocycles. The van der Waals surface area contributed by atoms with E-state index in [1.807, 2.05) is 37.3 Å². The Labute approximate surface area is 181 Å². The SMILES string of the molecule is Cc1cccc(-c2nc3n(c2-c2ccc4c(c2)OCO4)CC=C[C@H]2C[C@H](O)CCC32)n1. The molecule has 3 aliphatic rings. The van der Waals surface area contributed by atoms with Crippen LogP contribution in [0, 0.1) is 12.8 Å². The van der Waals surface area contributed by atoms with Crippen LogP contribution in [0.15, 0.2) is 48.6 Å². The molecule has 1 aliphatic carbocycles. The minimum absolute atomic E-state index is 0.223. The van der Waals surface area contributed by atoms with E-state index in [1.54, 1.807) is 0 Å². The van der Waals surface area contributed by atoms with Gasteiger partial charge in [0, 0.05) is 23.7 Å². The Morgan fingerprint density at radius 1 is 1.06 bits per heavy atom. The molecule has 0 bridgehead atoms. The molecule has 3 atom stereocenters. The van der Waals surface area contributed by atoms with E-state index in [9.17, 15) is 5.11 Å². The van der Waals surface area contributed by atoms with Crippen molar-refractivity contribution in [1.82, 2.24) is 14.5 Å². The third-order valence-electron chi connectivity index (χ3n) is 6.65. The number of aromatic nitrogens is 3. The molecule has 6 nitrogen and oxygen atoms in total. The summed E-state index contributed by atoms with van der Waals surface area (Å²) in [5, 5.41) is 10.2. The number of fused-ring (bicyclic) bond motifs is 4. The third kappa shape index (κ3) is 3.13. The average molecular weight is 415 g/mol. The Morgan fingerprint density at radius 3 is 2.87 bits per heavy atom. The Morgan fingerprint density at radius 2 is 1.97 bits per heavy atom. The molecule has 2 aromatic heterocycles. The number of imidazole rings is 1. The molecule has 31 heavy (non-hydrogen) atoms. The fraction of sp³-hybridized carbons (Fsp3) is 0.360. The number of hydrogen-bond donors (Lipinski definition) is 1. The van der Waals surface area contributed by atoms with Crippen LogP contribution >= 0.6 is 0 Å². The molecule has 1 aromatic carbocycles. The first-order valence-corrected chi connectivity index (χ1v) is 11.0. The molecular formula is C25H25N3O3. The van der Waals surface area contributed by atoms with Crippen molar-refractivity contribution >= 4 is 0 Å². The van der Waals surface area contributed by atoms with Gasteiger partial charge in [0.15, 0.2) is 11.5 Å². The summed E-state index contributed by atoms with van der Waals surface area (Å²) >= 11 is 0. The third-order valence-corrected chi connectivity index (χ3v) is 6.65. The molecule has 4 heterocycles. The lowest BCUT2D eigenvalue weighted by Crippen LogP contribution is -2.26. The summed E-state index contributed by atoms with van der Waals surface area (Å²) in [4.78, 5) is 10.0. The van der Waals surface area contributed by atoms with E-state index in [0.29, 0.717) is 11.8 Å². The molecule has 2 aliphatic heterocycles. The topological polar surface area (TPSA) is 69.4 Å². The lowest BCUT2D eigenvalue weighted by Gasteiger charge is -2.31. The number of hydrogen-bond acceptors (Lipinski definition) is 5. The van der Waals surface area contributed by atoms with Crippen LogP contribution in [0.2, 0.25) is 0 Å². The number of ether oxygens (including phenoxy) is 2. The van der Waals surface area contributed by atoms with Gasteiger partial charge in [-0.25, -0.2) is 4.98 Å². The minimum atomic E-state index is -0.223. The summed E-state index contributed by atoms with van der Waals surface area (Å²) < 4.78 is 13.5. The van der Waals surface area contributed by atoms with E-state index in [0.717, 1.165) is 71.5 Å². The monoisotopic (exact) mass is 415 g/mol. The number of aliphatic hydroxyl groups excluding tert-OH is 1. The van der Waals surface area contributed by atoms with Gasteiger partial charge in [0.1, 0.15) is 11.5 Å². The summed E-state index contributed by atoms with van der Waals surface area (Å²) in [6.07, 6.45) is 6.82. The molecule has 0 amide bonds. The van der Waals surface area contributed by atoms with E-state index in [2.05, 4.69) is 22.8 Å². The second-order valence-corrected chi connectivity index (χ2v) is 8.68. The molecule has 0 spiro atoms. The highest BCUT2D eigenvalue weighted by Crippen LogP contribution is 2.45. The van der Waals surface area contributed by atoms with Gasteiger partial charge in [0.25, 0.3) is 0 Å². The molecule has 1 unspecified atom stereocenters. The fourth-order valence-corrected chi connectivity index (χ4v) is 5.18. The molecule has 6 rings (SSSR count). The Hall–Kier alpha value is -3.12. The number of nitrogens with zero attached hydrogens (tertiary/aromatic N) is 3. The lowest BCUT2D eigenvalue weighted by molar-refractivity contribution is 0.101. The summed E-state index contributed by atoms with van der Waals surface area (Å²) in [5.41, 5.74) is 4.85. The average Bonchev–Trinajstić information content (AvgIpc) is 3.34. The predicted molar refractivity (Wildman–Crippen MR) is 117 cm³/mol. The van der Waals surface area contributed by atoms with E-state index >= 15 is 0 Å². The van der Waals surface area contributed by atoms with Crippen molar-refractivity contribution in [1.29, 1.82) is 0 Å². The van der Waals surface area contributed by atoms with Gasteiger partial charge in [-0.05, 0) is 62.4 Å². The smallest absolute Gasteiger partial charge is 0.231 e. The van der Waals surface area contributed by atoms with Gasteiger partial charge in [-0.2, -0.15) is 0 Å². The zero-order valence-corrected chi connectivity index (χ0v) is 17.5. The van der Waals surface area contributed by atoms with Crippen molar-refractivity contribution in [2.75, 3.05) is 6.79 Å². The van der Waals surface area contributed by atoms with Crippen LogP contribution in [-0.2, 0) is 6.54 Å². The molecule has 0 radical (unpaired) electrons. The summed E-state index contributed by atoms with van der Waals surface area (Å²) in [5.74, 6) is 3.24. The molecule has 1 N–H and O–H groups in total. The van der Waals surface area contributed by atoms with Gasteiger partial charge < -0.3 is 19.1 Å². The normalized spacial score (nSPS) is 23.9. The molecule has 3 aromatic rings. The van der Waals surface area contributed by atoms with Crippen LogP contribution in [0.3, 0.4) is 0 Å². The maximum atomic E-state index is 10.2. The zero-order chi connectivity index (χ0) is 20.9. The van der Waals surface area contributed by atoms with E-state index in [4.69, 9.17) is 19.4 Å². The van der Waals surface area contributed by atoms with Gasteiger partial charge in [0.05, 0.1) is 17.5 Å². The number of aryl methyl sites for hydroxylation is 1. The highest BCUT2D eigenvalue weighted by atomic mass is 16.7. The van der Waals surface area contributed by atoms with Crippen LogP contribution < -0.4 is 9.47 Å². The van der Waals surface area contributed by atoms with Crippen molar-refractivity contribution < 1.29 is 14.6 Å². The van der Waals surface area contributed by atoms with Gasteiger partial charge in [0.2, 0.25) is 6.79 Å². The first-order chi connectivity index (χ1) is 15.2. The van der Waals surface area contributed by atoms with E-state index < -0.39 is 0 Å². The minimum Gasteiger partial charge on any atom is -0.454 e. The Bertz CT molecular complexity index is 1180. The summed E-state index contributed by atoms with van der Waals surface area (Å²) in [6.45, 7) is 3.01. The molecular weight excluding hydrogens is 390 g/mol. The number of allylic oxidation sites excluding steroid dienone is 2. The van der Waals surface area contributed by atoms with E-state index in [-0.39, 0.29) is 12.9 Å². The Kier molecular flexibility index (Phi) is 4.35. The fourth-order valence-electron chi connectivity index (χ4n) is 5.18. The summed E-state index contributed by atoms with van der Waals surface area (Å²) in [6, 6.07) is 12.2. The molecule has 6 heteroatoms. The summed E-state index contributed by atoms with van der Waals surface area (Å²) in [7, 11) is 0. The van der Waals surface area contributed by atoms with Crippen LogP contribution in [0.25, 0.3) is 22.6 Å². The Balaban J connectivity index is 1.56. The van der Waals surface area contributed by atoms with Crippen molar-refractivity contribution in [3.8, 4) is 34.1 Å². The predicted octanol–water partition coefficient (Wildman–Crippen LogP) is 4.46. The second-order valence-electron chi connectivity index (χ2n) is 8.68. The number of aliphatic hydroxyl groups is 1. The quantitative estimate of drug-likeness (QED) is 0.626. The first-order valence-electron chi connectivity index (χ1n) is 11.0. The molecule has 1 fully saturated rings. The van der Waals surface area contributed by atoms with E-state index in [1.165, 1.54) is 0 Å². The largest absolute Gasteiger partial charge is 0.454 e.